The maximum absolute atomic E-state index is 5.06. The second-order valence-corrected chi connectivity index (χ2v) is 6.03. The van der Waals surface area contributed by atoms with Gasteiger partial charge in [-0.1, -0.05) is 30.3 Å². The number of guanidine groups is 1. The smallest absolute Gasteiger partial charge is 0.191 e. The van der Waals surface area contributed by atoms with Gasteiger partial charge < -0.3 is 15.4 Å². The lowest BCUT2D eigenvalue weighted by Crippen LogP contribution is -2.48. The van der Waals surface area contributed by atoms with Crippen molar-refractivity contribution < 1.29 is 4.74 Å². The molecule has 1 aromatic rings. The van der Waals surface area contributed by atoms with Crippen LogP contribution in [0.1, 0.15) is 24.8 Å². The first-order valence-corrected chi connectivity index (χ1v) is 8.54. The Kier molecular flexibility index (Phi) is 7.90. The highest BCUT2D eigenvalue weighted by molar-refractivity contribution is 5.79. The Bertz CT molecular complexity index is 455. The summed E-state index contributed by atoms with van der Waals surface area (Å²) in [6.45, 7) is 4.99. The van der Waals surface area contributed by atoms with E-state index in [0.29, 0.717) is 6.04 Å². The predicted molar refractivity (Wildman–Crippen MR) is 95.7 cm³/mol. The zero-order valence-electron chi connectivity index (χ0n) is 14.4. The third-order valence-corrected chi connectivity index (χ3v) is 4.22. The monoisotopic (exact) mass is 318 g/mol. The van der Waals surface area contributed by atoms with E-state index in [9.17, 15) is 0 Å². The number of aliphatic imine (C=N–C) groups is 1. The van der Waals surface area contributed by atoms with Crippen LogP contribution in [0.4, 0.5) is 0 Å². The molecule has 0 radical (unpaired) electrons. The summed E-state index contributed by atoms with van der Waals surface area (Å²) in [5.74, 6) is 0.905. The van der Waals surface area contributed by atoms with Crippen molar-refractivity contribution in [3.63, 3.8) is 0 Å². The van der Waals surface area contributed by atoms with E-state index >= 15 is 0 Å². The predicted octanol–water partition coefficient (Wildman–Crippen LogP) is 1.85. The molecule has 2 rings (SSSR count). The van der Waals surface area contributed by atoms with Crippen LogP contribution in [0.3, 0.4) is 0 Å². The SMILES string of the molecule is CN=C(NCCCOC)NC1CCN(Cc2ccccc2)CC1. The number of nitrogens with one attached hydrogen (secondary N) is 2. The highest BCUT2D eigenvalue weighted by Gasteiger charge is 2.19. The van der Waals surface area contributed by atoms with Gasteiger partial charge in [-0.25, -0.2) is 0 Å². The summed E-state index contributed by atoms with van der Waals surface area (Å²) >= 11 is 0. The fourth-order valence-corrected chi connectivity index (χ4v) is 2.89. The van der Waals surface area contributed by atoms with Crippen molar-refractivity contribution in [2.45, 2.75) is 31.8 Å². The average molecular weight is 318 g/mol. The Morgan fingerprint density at radius 3 is 2.65 bits per heavy atom. The lowest BCUT2D eigenvalue weighted by Gasteiger charge is -2.33. The van der Waals surface area contributed by atoms with E-state index in [1.54, 1.807) is 7.11 Å². The molecule has 0 amide bonds. The number of benzene rings is 1. The van der Waals surface area contributed by atoms with E-state index in [0.717, 1.165) is 58.0 Å². The molecule has 0 aliphatic carbocycles. The fourth-order valence-electron chi connectivity index (χ4n) is 2.89. The average Bonchev–Trinajstić information content (AvgIpc) is 2.60. The number of likely N-dealkylation sites (tertiary alicyclic amines) is 1. The van der Waals surface area contributed by atoms with E-state index in [-0.39, 0.29) is 0 Å². The lowest BCUT2D eigenvalue weighted by atomic mass is 10.0. The van der Waals surface area contributed by atoms with Gasteiger partial charge in [-0.05, 0) is 24.8 Å². The Hall–Kier alpha value is -1.59. The fraction of sp³-hybridized carbons (Fsp3) is 0.611. The summed E-state index contributed by atoms with van der Waals surface area (Å²) in [4.78, 5) is 6.84. The van der Waals surface area contributed by atoms with Crippen LogP contribution in [0.25, 0.3) is 0 Å². The summed E-state index contributed by atoms with van der Waals surface area (Å²) in [6, 6.07) is 11.2. The molecule has 128 valence electrons. The van der Waals surface area contributed by atoms with E-state index in [1.807, 2.05) is 7.05 Å². The zero-order valence-corrected chi connectivity index (χ0v) is 14.4. The van der Waals surface area contributed by atoms with Crippen molar-refractivity contribution >= 4 is 5.96 Å². The van der Waals surface area contributed by atoms with Gasteiger partial charge in [0.05, 0.1) is 0 Å². The van der Waals surface area contributed by atoms with E-state index in [1.165, 1.54) is 5.56 Å². The minimum Gasteiger partial charge on any atom is -0.385 e. The number of nitrogens with zero attached hydrogens (tertiary/aromatic N) is 2. The molecule has 1 aliphatic heterocycles. The second-order valence-electron chi connectivity index (χ2n) is 6.03. The van der Waals surface area contributed by atoms with Crippen LogP contribution < -0.4 is 10.6 Å². The van der Waals surface area contributed by atoms with Crippen molar-refractivity contribution in [2.75, 3.05) is 40.4 Å². The summed E-state index contributed by atoms with van der Waals surface area (Å²) in [6.07, 6.45) is 3.31. The summed E-state index contributed by atoms with van der Waals surface area (Å²) in [5, 5.41) is 6.89. The molecule has 0 spiro atoms. The standard InChI is InChI=1S/C18H30N4O/c1-19-18(20-11-6-14-23-2)21-17-9-12-22(13-10-17)15-16-7-4-3-5-8-16/h3-5,7-8,17H,6,9-15H2,1-2H3,(H2,19,20,21). The van der Waals surface area contributed by atoms with Crippen LogP contribution >= 0.6 is 0 Å². The molecule has 2 N–H and O–H groups in total. The minimum atomic E-state index is 0.510. The van der Waals surface area contributed by atoms with Gasteiger partial charge in [0, 0.05) is 53.0 Å². The van der Waals surface area contributed by atoms with Crippen LogP contribution in [-0.4, -0.2) is 57.3 Å². The number of hydrogen-bond donors (Lipinski definition) is 2. The van der Waals surface area contributed by atoms with Crippen molar-refractivity contribution in [3.8, 4) is 0 Å². The molecule has 1 heterocycles. The van der Waals surface area contributed by atoms with Crippen molar-refractivity contribution in [1.82, 2.24) is 15.5 Å². The second kappa shape index (κ2) is 10.2. The van der Waals surface area contributed by atoms with Gasteiger partial charge in [0.25, 0.3) is 0 Å². The van der Waals surface area contributed by atoms with Crippen molar-refractivity contribution in [1.29, 1.82) is 0 Å². The number of rotatable bonds is 7. The first-order valence-electron chi connectivity index (χ1n) is 8.54. The van der Waals surface area contributed by atoms with Gasteiger partial charge in [-0.15, -0.1) is 0 Å². The molecule has 0 aromatic heterocycles. The highest BCUT2D eigenvalue weighted by atomic mass is 16.5. The normalized spacial score (nSPS) is 17.2. The number of ether oxygens (including phenoxy) is 1. The van der Waals surface area contributed by atoms with Gasteiger partial charge in [-0.3, -0.25) is 9.89 Å². The van der Waals surface area contributed by atoms with Gasteiger partial charge in [0.15, 0.2) is 5.96 Å². The Balaban J connectivity index is 1.67. The molecular formula is C18H30N4O. The summed E-state index contributed by atoms with van der Waals surface area (Å²) in [7, 11) is 3.56. The molecule has 5 heteroatoms. The first kappa shape index (κ1) is 17.8. The molecule has 0 bridgehead atoms. The Labute approximate surface area is 140 Å². The van der Waals surface area contributed by atoms with Crippen molar-refractivity contribution in [2.24, 2.45) is 4.99 Å². The third kappa shape index (κ3) is 6.59. The Morgan fingerprint density at radius 2 is 2.00 bits per heavy atom. The maximum atomic E-state index is 5.06. The molecule has 0 atom stereocenters. The zero-order chi connectivity index (χ0) is 16.3. The number of piperidine rings is 1. The van der Waals surface area contributed by atoms with E-state index in [4.69, 9.17) is 4.74 Å². The van der Waals surface area contributed by atoms with E-state index in [2.05, 4.69) is 50.9 Å². The lowest BCUT2D eigenvalue weighted by molar-refractivity contribution is 0.194. The van der Waals surface area contributed by atoms with Gasteiger partial charge in [0.1, 0.15) is 0 Å². The molecule has 0 saturated carbocycles. The molecular weight excluding hydrogens is 288 g/mol. The molecule has 0 unspecified atom stereocenters. The molecule has 23 heavy (non-hydrogen) atoms. The molecule has 1 aromatic carbocycles. The Morgan fingerprint density at radius 1 is 1.26 bits per heavy atom. The first-order chi connectivity index (χ1) is 11.3. The van der Waals surface area contributed by atoms with Crippen LogP contribution in [0.15, 0.2) is 35.3 Å². The number of hydrogen-bond acceptors (Lipinski definition) is 3. The number of methoxy groups -OCH3 is 1. The summed E-state index contributed by atoms with van der Waals surface area (Å²) in [5.41, 5.74) is 1.40. The third-order valence-electron chi connectivity index (χ3n) is 4.22. The van der Waals surface area contributed by atoms with Crippen LogP contribution in [-0.2, 0) is 11.3 Å². The molecule has 1 aliphatic rings. The van der Waals surface area contributed by atoms with Gasteiger partial charge >= 0.3 is 0 Å². The summed E-state index contributed by atoms with van der Waals surface area (Å²) < 4.78 is 5.06. The van der Waals surface area contributed by atoms with Crippen LogP contribution in [0.2, 0.25) is 0 Å². The largest absolute Gasteiger partial charge is 0.385 e. The van der Waals surface area contributed by atoms with Gasteiger partial charge in [0.2, 0.25) is 0 Å². The van der Waals surface area contributed by atoms with Crippen LogP contribution in [0.5, 0.6) is 0 Å². The molecule has 1 saturated heterocycles. The van der Waals surface area contributed by atoms with Gasteiger partial charge in [-0.2, -0.15) is 0 Å². The van der Waals surface area contributed by atoms with Crippen molar-refractivity contribution in [3.05, 3.63) is 35.9 Å². The topological polar surface area (TPSA) is 48.9 Å². The van der Waals surface area contributed by atoms with E-state index < -0.39 is 0 Å². The highest BCUT2D eigenvalue weighted by Crippen LogP contribution is 2.13. The quantitative estimate of drug-likeness (QED) is 0.458. The maximum Gasteiger partial charge on any atom is 0.191 e. The molecule has 1 fully saturated rings. The minimum absolute atomic E-state index is 0.510. The van der Waals surface area contributed by atoms with Crippen LogP contribution in [0, 0.1) is 0 Å². The molecule has 5 nitrogen and oxygen atoms in total.